The molecule has 0 saturated heterocycles. The lowest BCUT2D eigenvalue weighted by molar-refractivity contribution is -0.274. The Morgan fingerprint density at radius 1 is 1.12 bits per heavy atom. The molecule has 0 amide bonds. The highest BCUT2D eigenvalue weighted by Crippen LogP contribution is 2.23. The van der Waals surface area contributed by atoms with Gasteiger partial charge in [-0.3, -0.25) is 4.79 Å². The number of ether oxygens (including phenoxy) is 1. The Balaban J connectivity index is 2.12. The maximum Gasteiger partial charge on any atom is 0.573 e. The zero-order valence-corrected chi connectivity index (χ0v) is 13.1. The van der Waals surface area contributed by atoms with Crippen molar-refractivity contribution < 1.29 is 22.7 Å². The van der Waals surface area contributed by atoms with Crippen LogP contribution < -0.4 is 10.1 Å². The minimum atomic E-state index is -4.80. The molecular formula is C18H13F3N2O2. The number of carbonyl (C=O) groups excluding carboxylic acids is 1. The van der Waals surface area contributed by atoms with E-state index < -0.39 is 17.9 Å². The van der Waals surface area contributed by atoms with Crippen molar-refractivity contribution in [2.24, 2.45) is 0 Å². The zero-order chi connectivity index (χ0) is 18.4. The summed E-state index contributed by atoms with van der Waals surface area (Å²) in [6.07, 6.45) is -3.55. The molecule has 0 spiro atoms. The van der Waals surface area contributed by atoms with E-state index in [0.29, 0.717) is 5.69 Å². The molecule has 0 atom stereocenters. The number of anilines is 1. The number of nitrogens with zero attached hydrogens (tertiary/aromatic N) is 1. The van der Waals surface area contributed by atoms with Gasteiger partial charge in [0.25, 0.3) is 0 Å². The summed E-state index contributed by atoms with van der Waals surface area (Å²) in [4.78, 5) is 12.3. The highest BCUT2D eigenvalue weighted by molar-refractivity contribution is 6.11. The van der Waals surface area contributed by atoms with Crippen LogP contribution in [0.15, 0.2) is 60.3 Å². The van der Waals surface area contributed by atoms with Gasteiger partial charge < -0.3 is 10.1 Å². The predicted octanol–water partition coefficient (Wildman–Crippen LogP) is 4.60. The summed E-state index contributed by atoms with van der Waals surface area (Å²) in [5, 5.41) is 12.0. The molecule has 0 aliphatic rings. The average molecular weight is 346 g/mol. The molecule has 0 heterocycles. The second-order valence-corrected chi connectivity index (χ2v) is 5.08. The number of allylic oxidation sites excluding steroid dienone is 1. The van der Waals surface area contributed by atoms with Crippen molar-refractivity contribution in [3.63, 3.8) is 0 Å². The van der Waals surface area contributed by atoms with Crippen LogP contribution >= 0.6 is 0 Å². The second-order valence-electron chi connectivity index (χ2n) is 5.08. The van der Waals surface area contributed by atoms with Crippen LogP contribution in [0.1, 0.15) is 15.9 Å². The van der Waals surface area contributed by atoms with E-state index in [2.05, 4.69) is 10.1 Å². The Hall–Kier alpha value is -3.27. The van der Waals surface area contributed by atoms with E-state index in [9.17, 15) is 18.0 Å². The Labute approximate surface area is 142 Å². The Morgan fingerprint density at radius 3 is 2.24 bits per heavy atom. The number of aryl methyl sites for hydroxylation is 1. The number of Topliss-reactive ketones (excluding diaryl/α,β-unsaturated/α-hetero) is 1. The van der Waals surface area contributed by atoms with Gasteiger partial charge in [0, 0.05) is 17.5 Å². The first kappa shape index (κ1) is 18.1. The summed E-state index contributed by atoms with van der Waals surface area (Å²) in [7, 11) is 0. The van der Waals surface area contributed by atoms with Crippen molar-refractivity contribution in [3.05, 3.63) is 71.4 Å². The van der Waals surface area contributed by atoms with E-state index in [1.54, 1.807) is 18.2 Å². The van der Waals surface area contributed by atoms with E-state index in [0.717, 1.165) is 17.7 Å². The number of halogens is 3. The van der Waals surface area contributed by atoms with E-state index >= 15 is 0 Å². The minimum Gasteiger partial charge on any atom is -0.406 e. The largest absolute Gasteiger partial charge is 0.573 e. The van der Waals surface area contributed by atoms with Crippen LogP contribution in [0.4, 0.5) is 18.9 Å². The van der Waals surface area contributed by atoms with Crippen molar-refractivity contribution in [1.29, 1.82) is 5.26 Å². The number of rotatable bonds is 5. The summed E-state index contributed by atoms with van der Waals surface area (Å²) < 4.78 is 40.1. The molecule has 2 rings (SSSR count). The van der Waals surface area contributed by atoms with E-state index in [1.165, 1.54) is 18.3 Å². The molecule has 2 aromatic carbocycles. The fraction of sp³-hybridized carbons (Fsp3) is 0.111. The molecule has 2 aromatic rings. The predicted molar refractivity (Wildman–Crippen MR) is 86.0 cm³/mol. The van der Waals surface area contributed by atoms with Crippen LogP contribution in [0.5, 0.6) is 5.75 Å². The Bertz CT molecular complexity index is 817. The molecule has 1 N–H and O–H groups in total. The molecule has 7 heteroatoms. The number of nitriles is 1. The van der Waals surface area contributed by atoms with Crippen molar-refractivity contribution in [3.8, 4) is 11.8 Å². The lowest BCUT2D eigenvalue weighted by Gasteiger charge is -2.09. The number of carbonyl (C=O) groups is 1. The molecule has 0 fully saturated rings. The molecular weight excluding hydrogens is 333 g/mol. The molecule has 0 bridgehead atoms. The average Bonchev–Trinajstić information content (AvgIpc) is 2.56. The van der Waals surface area contributed by atoms with Gasteiger partial charge in [0.05, 0.1) is 0 Å². The lowest BCUT2D eigenvalue weighted by Crippen LogP contribution is -2.17. The third-order valence-corrected chi connectivity index (χ3v) is 3.15. The molecule has 0 saturated carbocycles. The van der Waals surface area contributed by atoms with E-state index in [1.807, 2.05) is 19.1 Å². The second kappa shape index (κ2) is 7.53. The number of alkyl halides is 3. The van der Waals surface area contributed by atoms with Gasteiger partial charge in [0.2, 0.25) is 5.78 Å². The maximum atomic E-state index is 12.3. The van der Waals surface area contributed by atoms with Gasteiger partial charge in [-0.15, -0.1) is 13.2 Å². The normalized spacial score (nSPS) is 11.6. The first-order valence-corrected chi connectivity index (χ1v) is 7.12. The molecule has 0 aliphatic heterocycles. The standard InChI is InChI=1S/C18H13F3N2O2/c1-12-2-6-15(7-3-12)23-11-14(10-22)17(24)13-4-8-16(9-5-13)25-18(19,20)21/h2-9,11,23H,1H3/b14-11+. The molecule has 0 aromatic heterocycles. The van der Waals surface area contributed by atoms with Crippen LogP contribution in [0.3, 0.4) is 0 Å². The zero-order valence-electron chi connectivity index (χ0n) is 13.1. The van der Waals surface area contributed by atoms with E-state index in [4.69, 9.17) is 5.26 Å². The fourth-order valence-corrected chi connectivity index (χ4v) is 1.92. The third-order valence-electron chi connectivity index (χ3n) is 3.15. The minimum absolute atomic E-state index is 0.0769. The van der Waals surface area contributed by atoms with Crippen LogP contribution in [-0.4, -0.2) is 12.1 Å². The van der Waals surface area contributed by atoms with Crippen LogP contribution in [0.2, 0.25) is 0 Å². The van der Waals surface area contributed by atoms with Crippen LogP contribution in [0, 0.1) is 18.3 Å². The number of ketones is 1. The summed E-state index contributed by atoms with van der Waals surface area (Å²) >= 11 is 0. The summed E-state index contributed by atoms with van der Waals surface area (Å²) in [5.74, 6) is -1.05. The first-order chi connectivity index (χ1) is 11.8. The molecule has 0 radical (unpaired) electrons. The van der Waals surface area contributed by atoms with Crippen LogP contribution in [0.25, 0.3) is 0 Å². The highest BCUT2D eigenvalue weighted by atomic mass is 19.4. The first-order valence-electron chi connectivity index (χ1n) is 7.12. The smallest absolute Gasteiger partial charge is 0.406 e. The van der Waals surface area contributed by atoms with Gasteiger partial charge in [-0.25, -0.2) is 0 Å². The van der Waals surface area contributed by atoms with Gasteiger partial charge in [-0.1, -0.05) is 17.7 Å². The summed E-state index contributed by atoms with van der Waals surface area (Å²) in [6.45, 7) is 1.93. The van der Waals surface area contributed by atoms with Crippen molar-refractivity contribution in [2.45, 2.75) is 13.3 Å². The number of hydrogen-bond acceptors (Lipinski definition) is 4. The molecule has 128 valence electrons. The topological polar surface area (TPSA) is 62.1 Å². The molecule has 0 unspecified atom stereocenters. The lowest BCUT2D eigenvalue weighted by atomic mass is 10.1. The molecule has 4 nitrogen and oxygen atoms in total. The molecule has 0 aliphatic carbocycles. The quantitative estimate of drug-likeness (QED) is 0.488. The van der Waals surface area contributed by atoms with Crippen molar-refractivity contribution >= 4 is 11.5 Å². The van der Waals surface area contributed by atoms with Gasteiger partial charge in [0.1, 0.15) is 17.4 Å². The van der Waals surface area contributed by atoms with Crippen molar-refractivity contribution in [2.75, 3.05) is 5.32 Å². The number of benzene rings is 2. The summed E-state index contributed by atoms with van der Waals surface area (Å²) in [6, 6.07) is 13.4. The highest BCUT2D eigenvalue weighted by Gasteiger charge is 2.31. The SMILES string of the molecule is Cc1ccc(N/C=C(\C#N)C(=O)c2ccc(OC(F)(F)F)cc2)cc1. The Morgan fingerprint density at radius 2 is 1.72 bits per heavy atom. The van der Waals surface area contributed by atoms with Gasteiger partial charge >= 0.3 is 6.36 Å². The van der Waals surface area contributed by atoms with Gasteiger partial charge in [0.15, 0.2) is 0 Å². The monoisotopic (exact) mass is 346 g/mol. The van der Waals surface area contributed by atoms with E-state index in [-0.39, 0.29) is 11.1 Å². The van der Waals surface area contributed by atoms with Gasteiger partial charge in [-0.2, -0.15) is 5.26 Å². The molecule has 25 heavy (non-hydrogen) atoms. The fourth-order valence-electron chi connectivity index (χ4n) is 1.92. The third kappa shape index (κ3) is 5.39. The van der Waals surface area contributed by atoms with Gasteiger partial charge in [-0.05, 0) is 43.3 Å². The van der Waals surface area contributed by atoms with Crippen LogP contribution in [-0.2, 0) is 0 Å². The number of nitrogens with one attached hydrogen (secondary N) is 1. The summed E-state index contributed by atoms with van der Waals surface area (Å²) in [5.41, 5.74) is 1.66. The maximum absolute atomic E-state index is 12.3. The Kier molecular flexibility index (Phi) is 5.45. The number of hydrogen-bond donors (Lipinski definition) is 1. The van der Waals surface area contributed by atoms with Crippen molar-refractivity contribution in [1.82, 2.24) is 0 Å².